The van der Waals surface area contributed by atoms with Crippen LogP contribution in [-0.2, 0) is 19.1 Å². The topological polar surface area (TPSA) is 96.9 Å². The van der Waals surface area contributed by atoms with E-state index in [1.165, 1.54) is 0 Å². The average Bonchev–Trinajstić information content (AvgIpc) is 2.76. The Balaban J connectivity index is 2.07. The van der Waals surface area contributed by atoms with Gasteiger partial charge in [0.15, 0.2) is 0 Å². The third-order valence-electron chi connectivity index (χ3n) is 2.51. The molecular weight excluding hydrogens is 228 g/mol. The standard InChI is InChI=1S/C10H18N2O5/c1-16-7-4-8(12-5-7)10(15)11-2-3-17-6-9(13)14/h7-8,12H,2-6H2,1H3,(H,11,15)(H,13,14). The van der Waals surface area contributed by atoms with Crippen molar-refractivity contribution in [2.45, 2.75) is 18.6 Å². The maximum Gasteiger partial charge on any atom is 0.329 e. The van der Waals surface area contributed by atoms with Crippen LogP contribution >= 0.6 is 0 Å². The summed E-state index contributed by atoms with van der Waals surface area (Å²) in [6.07, 6.45) is 0.729. The first-order chi connectivity index (χ1) is 8.13. The maximum absolute atomic E-state index is 11.6. The van der Waals surface area contributed by atoms with Gasteiger partial charge in [0.05, 0.1) is 18.8 Å². The average molecular weight is 246 g/mol. The minimum Gasteiger partial charge on any atom is -0.480 e. The molecule has 2 atom stereocenters. The molecule has 7 nitrogen and oxygen atoms in total. The first kappa shape index (κ1) is 13.9. The predicted octanol–water partition coefficient (Wildman–Crippen LogP) is -1.42. The lowest BCUT2D eigenvalue weighted by Crippen LogP contribution is -2.41. The number of carboxylic acids is 1. The lowest BCUT2D eigenvalue weighted by molar-refractivity contribution is -0.142. The van der Waals surface area contributed by atoms with Gasteiger partial charge in [-0.15, -0.1) is 0 Å². The lowest BCUT2D eigenvalue weighted by atomic mass is 10.2. The van der Waals surface area contributed by atoms with Crippen LogP contribution in [0, 0.1) is 0 Å². The predicted molar refractivity (Wildman–Crippen MR) is 58.7 cm³/mol. The third-order valence-corrected chi connectivity index (χ3v) is 2.51. The summed E-state index contributed by atoms with van der Waals surface area (Å²) in [4.78, 5) is 21.7. The van der Waals surface area contributed by atoms with E-state index in [4.69, 9.17) is 14.6 Å². The Morgan fingerprint density at radius 1 is 1.53 bits per heavy atom. The van der Waals surface area contributed by atoms with Gasteiger partial charge in [0.2, 0.25) is 5.91 Å². The van der Waals surface area contributed by atoms with Crippen molar-refractivity contribution in [2.75, 3.05) is 33.4 Å². The Kier molecular flexibility index (Phi) is 5.88. The molecule has 7 heteroatoms. The van der Waals surface area contributed by atoms with Crippen molar-refractivity contribution in [3.05, 3.63) is 0 Å². The molecule has 3 N–H and O–H groups in total. The summed E-state index contributed by atoms with van der Waals surface area (Å²) in [7, 11) is 1.62. The SMILES string of the molecule is COC1CNC(C(=O)NCCOCC(=O)O)C1. The monoisotopic (exact) mass is 246 g/mol. The Hall–Kier alpha value is -1.18. The van der Waals surface area contributed by atoms with Gasteiger partial charge in [0, 0.05) is 20.2 Å². The quantitative estimate of drug-likeness (QED) is 0.477. The smallest absolute Gasteiger partial charge is 0.329 e. The van der Waals surface area contributed by atoms with Gasteiger partial charge in [-0.2, -0.15) is 0 Å². The number of carbonyl (C=O) groups is 2. The van der Waals surface area contributed by atoms with Crippen LogP contribution in [-0.4, -0.2) is 62.5 Å². The van der Waals surface area contributed by atoms with Crippen molar-refractivity contribution in [2.24, 2.45) is 0 Å². The molecule has 1 aliphatic heterocycles. The first-order valence-electron chi connectivity index (χ1n) is 5.47. The van der Waals surface area contributed by atoms with Crippen LogP contribution in [0.25, 0.3) is 0 Å². The lowest BCUT2D eigenvalue weighted by Gasteiger charge is -2.11. The van der Waals surface area contributed by atoms with Crippen molar-refractivity contribution in [3.8, 4) is 0 Å². The zero-order valence-electron chi connectivity index (χ0n) is 9.77. The van der Waals surface area contributed by atoms with E-state index in [2.05, 4.69) is 10.6 Å². The highest BCUT2D eigenvalue weighted by atomic mass is 16.5. The molecule has 1 rings (SSSR count). The van der Waals surface area contributed by atoms with E-state index in [0.717, 1.165) is 0 Å². The van der Waals surface area contributed by atoms with Crippen molar-refractivity contribution >= 4 is 11.9 Å². The van der Waals surface area contributed by atoms with Crippen molar-refractivity contribution in [3.63, 3.8) is 0 Å². The van der Waals surface area contributed by atoms with Crippen molar-refractivity contribution in [1.29, 1.82) is 0 Å². The largest absolute Gasteiger partial charge is 0.480 e. The van der Waals surface area contributed by atoms with Crippen LogP contribution in [0.2, 0.25) is 0 Å². The number of hydrogen-bond acceptors (Lipinski definition) is 5. The summed E-state index contributed by atoms with van der Waals surface area (Å²) < 4.78 is 9.92. The summed E-state index contributed by atoms with van der Waals surface area (Å²) in [5, 5.41) is 14.0. The molecule has 0 aromatic carbocycles. The second kappa shape index (κ2) is 7.21. The van der Waals surface area contributed by atoms with E-state index in [0.29, 0.717) is 19.5 Å². The van der Waals surface area contributed by atoms with Crippen LogP contribution in [0.15, 0.2) is 0 Å². The molecule has 0 radical (unpaired) electrons. The number of carbonyl (C=O) groups excluding carboxylic acids is 1. The molecule has 0 aliphatic carbocycles. The summed E-state index contributed by atoms with van der Waals surface area (Å²) in [6, 6.07) is -0.237. The number of nitrogens with one attached hydrogen (secondary N) is 2. The van der Waals surface area contributed by atoms with Crippen molar-refractivity contribution in [1.82, 2.24) is 10.6 Å². The van der Waals surface area contributed by atoms with Gasteiger partial charge >= 0.3 is 5.97 Å². The number of carboxylic acid groups (broad SMARTS) is 1. The van der Waals surface area contributed by atoms with Gasteiger partial charge in [0.1, 0.15) is 6.61 Å². The second-order valence-electron chi connectivity index (χ2n) is 3.79. The number of rotatable bonds is 7. The number of ether oxygens (including phenoxy) is 2. The molecule has 1 aliphatic rings. The maximum atomic E-state index is 11.6. The Bertz CT molecular complexity index is 271. The molecule has 1 fully saturated rings. The molecule has 0 aromatic heterocycles. The van der Waals surface area contributed by atoms with Crippen LogP contribution in [0.3, 0.4) is 0 Å². The van der Waals surface area contributed by atoms with Crippen molar-refractivity contribution < 1.29 is 24.2 Å². The van der Waals surface area contributed by atoms with Gasteiger partial charge in [-0.05, 0) is 6.42 Å². The highest BCUT2D eigenvalue weighted by Crippen LogP contribution is 2.09. The normalized spacial score (nSPS) is 23.6. The zero-order chi connectivity index (χ0) is 12.7. The van der Waals surface area contributed by atoms with E-state index in [-0.39, 0.29) is 31.3 Å². The van der Waals surface area contributed by atoms with E-state index >= 15 is 0 Å². The Labute approximate surface area is 99.5 Å². The van der Waals surface area contributed by atoms with Crippen LogP contribution in [0.5, 0.6) is 0 Å². The third kappa shape index (κ3) is 5.12. The Morgan fingerprint density at radius 3 is 2.88 bits per heavy atom. The Morgan fingerprint density at radius 2 is 2.29 bits per heavy atom. The zero-order valence-corrected chi connectivity index (χ0v) is 9.77. The minimum absolute atomic E-state index is 0.0778. The van der Waals surface area contributed by atoms with Gasteiger partial charge in [-0.3, -0.25) is 4.79 Å². The van der Waals surface area contributed by atoms with Gasteiger partial charge in [-0.25, -0.2) is 4.79 Å². The molecule has 1 heterocycles. The van der Waals surface area contributed by atoms with Gasteiger partial charge in [0.25, 0.3) is 0 Å². The highest BCUT2D eigenvalue weighted by molar-refractivity contribution is 5.82. The molecule has 0 saturated carbocycles. The fourth-order valence-corrected chi connectivity index (χ4v) is 1.61. The molecule has 0 aromatic rings. The fourth-order valence-electron chi connectivity index (χ4n) is 1.61. The first-order valence-corrected chi connectivity index (χ1v) is 5.47. The fraction of sp³-hybridized carbons (Fsp3) is 0.800. The number of amides is 1. The van der Waals surface area contributed by atoms with Crippen LogP contribution in [0.4, 0.5) is 0 Å². The number of methoxy groups -OCH3 is 1. The molecule has 0 bridgehead atoms. The van der Waals surface area contributed by atoms with Gasteiger partial charge in [-0.1, -0.05) is 0 Å². The number of hydrogen-bond donors (Lipinski definition) is 3. The summed E-state index contributed by atoms with van der Waals surface area (Å²) >= 11 is 0. The molecule has 17 heavy (non-hydrogen) atoms. The summed E-state index contributed by atoms with van der Waals surface area (Å²) in [5.41, 5.74) is 0. The summed E-state index contributed by atoms with van der Waals surface area (Å²) in [5.74, 6) is -1.12. The molecule has 1 amide bonds. The van der Waals surface area contributed by atoms with Gasteiger partial charge < -0.3 is 25.2 Å². The van der Waals surface area contributed by atoms with Crippen LogP contribution in [0.1, 0.15) is 6.42 Å². The minimum atomic E-state index is -1.02. The highest BCUT2D eigenvalue weighted by Gasteiger charge is 2.28. The molecular formula is C10H18N2O5. The van der Waals surface area contributed by atoms with E-state index in [1.54, 1.807) is 7.11 Å². The van der Waals surface area contributed by atoms with E-state index in [1.807, 2.05) is 0 Å². The molecule has 1 saturated heterocycles. The number of aliphatic carboxylic acids is 1. The van der Waals surface area contributed by atoms with E-state index in [9.17, 15) is 9.59 Å². The molecule has 2 unspecified atom stereocenters. The van der Waals surface area contributed by atoms with Crippen LogP contribution < -0.4 is 10.6 Å². The molecule has 0 spiro atoms. The summed E-state index contributed by atoms with van der Waals surface area (Å²) in [6.45, 7) is 0.827. The molecule has 98 valence electrons. The second-order valence-corrected chi connectivity index (χ2v) is 3.79. The van der Waals surface area contributed by atoms with E-state index < -0.39 is 5.97 Å².